The Balaban J connectivity index is 1.94. The molecule has 1 unspecified atom stereocenters. The van der Waals surface area contributed by atoms with Crippen LogP contribution < -0.4 is 10.6 Å². The molecule has 0 aliphatic carbocycles. The largest absolute Gasteiger partial charge is 0.378 e. The molecular weight excluding hydrogens is 230 g/mol. The third-order valence-electron chi connectivity index (χ3n) is 3.20. The van der Waals surface area contributed by atoms with Gasteiger partial charge in [0.05, 0.1) is 6.61 Å². The van der Waals surface area contributed by atoms with Crippen LogP contribution >= 0.6 is 0 Å². The molecule has 5 nitrogen and oxygen atoms in total. The minimum absolute atomic E-state index is 0.212. The molecule has 5 heteroatoms. The van der Waals surface area contributed by atoms with Crippen LogP contribution in [-0.4, -0.2) is 44.0 Å². The highest BCUT2D eigenvalue weighted by Gasteiger charge is 2.34. The maximum Gasteiger partial charge on any atom is 0.128 e. The molecule has 1 saturated heterocycles. The second kappa shape index (κ2) is 6.02. The van der Waals surface area contributed by atoms with Crippen LogP contribution in [0.4, 0.5) is 11.6 Å². The molecule has 0 radical (unpaired) electrons. The molecule has 1 aliphatic rings. The van der Waals surface area contributed by atoms with Gasteiger partial charge in [0.1, 0.15) is 17.2 Å². The van der Waals surface area contributed by atoms with Crippen LogP contribution in [0.15, 0.2) is 18.2 Å². The number of aromatic nitrogens is 1. The number of ether oxygens (including phenoxy) is 2. The molecule has 1 aromatic heterocycles. The summed E-state index contributed by atoms with van der Waals surface area (Å²) < 4.78 is 11.0. The molecule has 1 atom stereocenters. The van der Waals surface area contributed by atoms with E-state index in [1.165, 1.54) is 0 Å². The van der Waals surface area contributed by atoms with Crippen molar-refractivity contribution in [2.45, 2.75) is 18.9 Å². The van der Waals surface area contributed by atoms with E-state index in [0.29, 0.717) is 13.2 Å². The Morgan fingerprint density at radius 1 is 1.39 bits per heavy atom. The molecule has 0 amide bonds. The molecule has 2 rings (SSSR count). The lowest BCUT2D eigenvalue weighted by atomic mass is 10.0. The summed E-state index contributed by atoms with van der Waals surface area (Å²) in [6.45, 7) is 5.04. The first-order chi connectivity index (χ1) is 8.78. The number of hydrogen-bond donors (Lipinski definition) is 2. The van der Waals surface area contributed by atoms with Gasteiger partial charge in [-0.2, -0.15) is 0 Å². The fourth-order valence-corrected chi connectivity index (χ4v) is 2.03. The summed E-state index contributed by atoms with van der Waals surface area (Å²) >= 11 is 0. The highest BCUT2D eigenvalue weighted by atomic mass is 16.5. The smallest absolute Gasteiger partial charge is 0.128 e. The Morgan fingerprint density at radius 2 is 2.17 bits per heavy atom. The molecule has 0 aromatic carbocycles. The van der Waals surface area contributed by atoms with Gasteiger partial charge in [0.2, 0.25) is 0 Å². The van der Waals surface area contributed by atoms with Crippen molar-refractivity contribution in [3.05, 3.63) is 18.2 Å². The van der Waals surface area contributed by atoms with E-state index in [1.54, 1.807) is 7.11 Å². The third kappa shape index (κ3) is 3.11. The van der Waals surface area contributed by atoms with Crippen LogP contribution in [0.1, 0.15) is 13.3 Å². The lowest BCUT2D eigenvalue weighted by molar-refractivity contribution is -0.00625. The minimum atomic E-state index is -0.212. The molecule has 100 valence electrons. The lowest BCUT2D eigenvalue weighted by Crippen LogP contribution is -2.39. The van der Waals surface area contributed by atoms with Crippen molar-refractivity contribution in [1.82, 2.24) is 4.98 Å². The predicted molar refractivity (Wildman–Crippen MR) is 72.1 cm³/mol. The molecule has 1 fully saturated rings. The Labute approximate surface area is 108 Å². The first-order valence-corrected chi connectivity index (χ1v) is 6.36. The zero-order valence-corrected chi connectivity index (χ0v) is 11.0. The highest BCUT2D eigenvalue weighted by Crippen LogP contribution is 2.23. The Morgan fingerprint density at radius 3 is 2.78 bits per heavy atom. The minimum Gasteiger partial charge on any atom is -0.378 e. The fraction of sp³-hybridized carbons (Fsp3) is 0.615. The van der Waals surface area contributed by atoms with E-state index >= 15 is 0 Å². The monoisotopic (exact) mass is 251 g/mol. The van der Waals surface area contributed by atoms with Gasteiger partial charge in [-0.15, -0.1) is 0 Å². The molecule has 18 heavy (non-hydrogen) atoms. The van der Waals surface area contributed by atoms with Gasteiger partial charge in [0.25, 0.3) is 0 Å². The normalized spacial score (nSPS) is 23.0. The quantitative estimate of drug-likeness (QED) is 0.806. The van der Waals surface area contributed by atoms with Crippen molar-refractivity contribution in [3.63, 3.8) is 0 Å². The topological polar surface area (TPSA) is 55.4 Å². The van der Waals surface area contributed by atoms with Crippen molar-refractivity contribution in [2.75, 3.05) is 44.0 Å². The van der Waals surface area contributed by atoms with Crippen LogP contribution in [0.2, 0.25) is 0 Å². The standard InChI is InChI=1S/C13H21N3O2/c1-3-14-11-5-4-6-12(16-11)15-9-13(17-2)7-8-18-10-13/h4-6H,3,7-10H2,1-2H3,(H2,14,15,16). The molecular formula is C13H21N3O2. The van der Waals surface area contributed by atoms with E-state index in [2.05, 4.69) is 22.5 Å². The summed E-state index contributed by atoms with van der Waals surface area (Å²) in [6, 6.07) is 5.90. The van der Waals surface area contributed by atoms with Crippen LogP contribution in [-0.2, 0) is 9.47 Å². The van der Waals surface area contributed by atoms with Gasteiger partial charge in [0.15, 0.2) is 0 Å². The average molecular weight is 251 g/mol. The maximum atomic E-state index is 5.57. The molecule has 0 bridgehead atoms. The Bertz CT molecular complexity index is 378. The van der Waals surface area contributed by atoms with Gasteiger partial charge < -0.3 is 20.1 Å². The summed E-state index contributed by atoms with van der Waals surface area (Å²) in [4.78, 5) is 4.47. The summed E-state index contributed by atoms with van der Waals surface area (Å²) in [7, 11) is 1.73. The van der Waals surface area contributed by atoms with Gasteiger partial charge in [-0.05, 0) is 19.1 Å². The van der Waals surface area contributed by atoms with Crippen molar-refractivity contribution < 1.29 is 9.47 Å². The Kier molecular flexibility index (Phi) is 4.38. The maximum absolute atomic E-state index is 5.57. The lowest BCUT2D eigenvalue weighted by Gasteiger charge is -2.26. The number of rotatable bonds is 6. The zero-order valence-electron chi connectivity index (χ0n) is 11.0. The van der Waals surface area contributed by atoms with E-state index in [0.717, 1.165) is 31.2 Å². The summed E-state index contributed by atoms with van der Waals surface area (Å²) in [5.41, 5.74) is -0.212. The number of pyridine rings is 1. The van der Waals surface area contributed by atoms with Crippen LogP contribution in [0.25, 0.3) is 0 Å². The van der Waals surface area contributed by atoms with E-state index in [4.69, 9.17) is 9.47 Å². The number of anilines is 2. The number of nitrogens with one attached hydrogen (secondary N) is 2. The number of methoxy groups -OCH3 is 1. The summed E-state index contributed by atoms with van der Waals surface area (Å²) in [5, 5.41) is 6.51. The molecule has 0 spiro atoms. The van der Waals surface area contributed by atoms with Gasteiger partial charge >= 0.3 is 0 Å². The van der Waals surface area contributed by atoms with Crippen molar-refractivity contribution in [1.29, 1.82) is 0 Å². The summed E-state index contributed by atoms with van der Waals surface area (Å²) in [6.07, 6.45) is 0.920. The van der Waals surface area contributed by atoms with Gasteiger partial charge in [-0.25, -0.2) is 4.98 Å². The highest BCUT2D eigenvalue weighted by molar-refractivity contribution is 5.45. The predicted octanol–water partition coefficient (Wildman–Crippen LogP) is 1.73. The SMILES string of the molecule is CCNc1cccc(NCC2(OC)CCOC2)n1. The first-order valence-electron chi connectivity index (χ1n) is 6.36. The van der Waals surface area contributed by atoms with E-state index < -0.39 is 0 Å². The van der Waals surface area contributed by atoms with Crippen LogP contribution in [0.5, 0.6) is 0 Å². The van der Waals surface area contributed by atoms with Gasteiger partial charge in [0, 0.05) is 33.2 Å². The fourth-order valence-electron chi connectivity index (χ4n) is 2.03. The third-order valence-corrected chi connectivity index (χ3v) is 3.20. The average Bonchev–Trinajstić information content (AvgIpc) is 2.87. The molecule has 0 saturated carbocycles. The summed E-state index contributed by atoms with van der Waals surface area (Å²) in [5.74, 6) is 1.74. The van der Waals surface area contributed by atoms with Crippen molar-refractivity contribution in [3.8, 4) is 0 Å². The van der Waals surface area contributed by atoms with Crippen LogP contribution in [0, 0.1) is 0 Å². The number of hydrogen-bond acceptors (Lipinski definition) is 5. The van der Waals surface area contributed by atoms with E-state index in [-0.39, 0.29) is 5.60 Å². The first kappa shape index (κ1) is 13.1. The molecule has 1 aliphatic heterocycles. The van der Waals surface area contributed by atoms with Crippen molar-refractivity contribution >= 4 is 11.6 Å². The Hall–Kier alpha value is -1.33. The zero-order chi connectivity index (χ0) is 12.8. The van der Waals surface area contributed by atoms with E-state index in [9.17, 15) is 0 Å². The molecule has 2 N–H and O–H groups in total. The van der Waals surface area contributed by atoms with Crippen LogP contribution in [0.3, 0.4) is 0 Å². The van der Waals surface area contributed by atoms with Gasteiger partial charge in [-0.1, -0.05) is 6.07 Å². The van der Waals surface area contributed by atoms with Crippen molar-refractivity contribution in [2.24, 2.45) is 0 Å². The second-order valence-electron chi connectivity index (χ2n) is 4.48. The van der Waals surface area contributed by atoms with E-state index in [1.807, 2.05) is 18.2 Å². The molecule has 2 heterocycles. The molecule has 1 aromatic rings. The van der Waals surface area contributed by atoms with Gasteiger partial charge in [-0.3, -0.25) is 0 Å². The second-order valence-corrected chi connectivity index (χ2v) is 4.48. The number of nitrogens with zero attached hydrogens (tertiary/aromatic N) is 1.